The van der Waals surface area contributed by atoms with Crippen LogP contribution in [0.1, 0.15) is 17.5 Å². The van der Waals surface area contributed by atoms with Crippen molar-refractivity contribution in [3.63, 3.8) is 0 Å². The van der Waals surface area contributed by atoms with E-state index in [0.29, 0.717) is 16.3 Å². The topological polar surface area (TPSA) is 87.6 Å². The fourth-order valence-corrected chi connectivity index (χ4v) is 3.98. The van der Waals surface area contributed by atoms with E-state index in [9.17, 15) is 13.2 Å². The van der Waals surface area contributed by atoms with Crippen molar-refractivity contribution >= 4 is 39.1 Å². The second-order valence-corrected chi connectivity index (χ2v) is 7.68. The first kappa shape index (κ1) is 17.4. The van der Waals surface area contributed by atoms with Crippen LogP contribution in [0.2, 0.25) is 5.02 Å². The number of amidine groups is 1. The molecule has 6 nitrogen and oxygen atoms in total. The summed E-state index contributed by atoms with van der Waals surface area (Å²) in [5.74, 6) is 0.0648. The van der Waals surface area contributed by atoms with Crippen LogP contribution in [0.5, 0.6) is 0 Å². The summed E-state index contributed by atoms with van der Waals surface area (Å²) in [7, 11) is -3.56. The number of rotatable bonds is 4. The molecule has 3 rings (SSSR count). The third kappa shape index (κ3) is 3.83. The van der Waals surface area contributed by atoms with Crippen molar-refractivity contribution in [3.8, 4) is 0 Å². The number of nitrogens with one attached hydrogen (secondary N) is 2. The molecule has 2 aromatic rings. The lowest BCUT2D eigenvalue weighted by Gasteiger charge is -2.08. The summed E-state index contributed by atoms with van der Waals surface area (Å²) < 4.78 is 26.4. The first-order valence-electron chi connectivity index (χ1n) is 7.59. The van der Waals surface area contributed by atoms with Gasteiger partial charge in [0.25, 0.3) is 10.0 Å². The van der Waals surface area contributed by atoms with E-state index in [1.807, 2.05) is 6.92 Å². The van der Waals surface area contributed by atoms with Crippen LogP contribution >= 0.6 is 11.6 Å². The summed E-state index contributed by atoms with van der Waals surface area (Å²) >= 11 is 5.89. The summed E-state index contributed by atoms with van der Waals surface area (Å²) in [6.07, 6.45) is 0.134. The van der Waals surface area contributed by atoms with Gasteiger partial charge < -0.3 is 5.32 Å². The predicted molar refractivity (Wildman–Crippen MR) is 97.6 cm³/mol. The number of hydrogen-bond acceptors (Lipinski definition) is 4. The maximum Gasteiger partial charge on any atom is 0.263 e. The maximum absolute atomic E-state index is 12.0. The number of carbonyl (C=O) groups is 1. The average molecular weight is 378 g/mol. The molecule has 0 saturated carbocycles. The Morgan fingerprint density at radius 3 is 2.76 bits per heavy atom. The van der Waals surface area contributed by atoms with Crippen molar-refractivity contribution in [1.29, 1.82) is 0 Å². The van der Waals surface area contributed by atoms with Gasteiger partial charge in [0.15, 0.2) is 0 Å². The minimum Gasteiger partial charge on any atom is -0.326 e. The summed E-state index contributed by atoms with van der Waals surface area (Å²) in [5, 5.41) is 3.40. The van der Waals surface area contributed by atoms with Crippen molar-refractivity contribution in [2.24, 2.45) is 4.99 Å². The lowest BCUT2D eigenvalue weighted by atomic mass is 10.2. The SMILES string of the molecule is Cc1cc(Cl)ccc1NC(=O)CCN=C1NS(=O)(=O)c2ccccc21. The molecule has 25 heavy (non-hydrogen) atoms. The average Bonchev–Trinajstić information content (AvgIpc) is 2.82. The van der Waals surface area contributed by atoms with Gasteiger partial charge in [-0.05, 0) is 42.8 Å². The van der Waals surface area contributed by atoms with Gasteiger partial charge in [-0.3, -0.25) is 14.5 Å². The molecule has 1 amide bonds. The number of sulfonamides is 1. The van der Waals surface area contributed by atoms with Gasteiger partial charge in [-0.25, -0.2) is 8.42 Å². The Morgan fingerprint density at radius 1 is 1.24 bits per heavy atom. The van der Waals surface area contributed by atoms with E-state index in [1.54, 1.807) is 36.4 Å². The highest BCUT2D eigenvalue weighted by Crippen LogP contribution is 2.22. The van der Waals surface area contributed by atoms with Crippen LogP contribution in [0, 0.1) is 6.92 Å². The molecule has 1 heterocycles. The molecular formula is C17H16ClN3O3S. The predicted octanol–water partition coefficient (Wildman–Crippen LogP) is 2.72. The fraction of sp³-hybridized carbons (Fsp3) is 0.176. The van der Waals surface area contributed by atoms with Gasteiger partial charge >= 0.3 is 0 Å². The molecule has 0 bridgehead atoms. The van der Waals surface area contributed by atoms with Crippen LogP contribution in [0.3, 0.4) is 0 Å². The number of hydrogen-bond donors (Lipinski definition) is 2. The smallest absolute Gasteiger partial charge is 0.263 e. The molecule has 1 aliphatic heterocycles. The highest BCUT2D eigenvalue weighted by atomic mass is 35.5. The van der Waals surface area contributed by atoms with Crippen LogP contribution in [-0.4, -0.2) is 26.7 Å². The number of carbonyl (C=O) groups excluding carboxylic acids is 1. The molecule has 0 radical (unpaired) electrons. The van der Waals surface area contributed by atoms with E-state index in [-0.39, 0.29) is 29.6 Å². The molecular weight excluding hydrogens is 362 g/mol. The number of anilines is 1. The summed E-state index contributed by atoms with van der Waals surface area (Å²) in [6.45, 7) is 2.02. The molecule has 1 aliphatic rings. The lowest BCUT2D eigenvalue weighted by molar-refractivity contribution is -0.116. The summed E-state index contributed by atoms with van der Waals surface area (Å²) in [5.41, 5.74) is 2.08. The van der Waals surface area contributed by atoms with E-state index in [0.717, 1.165) is 5.56 Å². The number of halogens is 1. The first-order valence-corrected chi connectivity index (χ1v) is 9.45. The molecule has 0 aliphatic carbocycles. The molecule has 0 unspecified atom stereocenters. The van der Waals surface area contributed by atoms with Gasteiger partial charge in [0.2, 0.25) is 5.91 Å². The molecule has 0 fully saturated rings. The Kier molecular flexibility index (Phi) is 4.78. The second kappa shape index (κ2) is 6.85. The lowest BCUT2D eigenvalue weighted by Crippen LogP contribution is -2.23. The molecule has 0 spiro atoms. The zero-order chi connectivity index (χ0) is 18.0. The Labute approximate surface area is 151 Å². The number of aryl methyl sites for hydroxylation is 1. The minimum atomic E-state index is -3.56. The fourth-order valence-electron chi connectivity index (χ4n) is 2.50. The van der Waals surface area contributed by atoms with Gasteiger partial charge in [0.1, 0.15) is 5.84 Å². The van der Waals surface area contributed by atoms with Gasteiger partial charge in [0.05, 0.1) is 11.4 Å². The van der Waals surface area contributed by atoms with Crippen molar-refractivity contribution < 1.29 is 13.2 Å². The number of aliphatic imine (C=N–C) groups is 1. The zero-order valence-electron chi connectivity index (χ0n) is 13.4. The van der Waals surface area contributed by atoms with E-state index < -0.39 is 10.0 Å². The number of fused-ring (bicyclic) bond motifs is 1. The highest BCUT2D eigenvalue weighted by Gasteiger charge is 2.29. The monoisotopic (exact) mass is 377 g/mol. The maximum atomic E-state index is 12.0. The Balaban J connectivity index is 1.65. The number of amides is 1. The molecule has 0 atom stereocenters. The van der Waals surface area contributed by atoms with E-state index in [4.69, 9.17) is 11.6 Å². The Hall–Kier alpha value is -2.38. The number of nitrogens with zero attached hydrogens (tertiary/aromatic N) is 1. The molecule has 2 aromatic carbocycles. The van der Waals surface area contributed by atoms with E-state index >= 15 is 0 Å². The molecule has 8 heteroatoms. The Bertz CT molecular complexity index is 971. The Morgan fingerprint density at radius 2 is 2.00 bits per heavy atom. The first-order chi connectivity index (χ1) is 11.9. The molecule has 130 valence electrons. The van der Waals surface area contributed by atoms with Crippen LogP contribution in [0.4, 0.5) is 5.69 Å². The van der Waals surface area contributed by atoms with E-state index in [2.05, 4.69) is 15.0 Å². The summed E-state index contributed by atoms with van der Waals surface area (Å²) in [6, 6.07) is 11.8. The largest absolute Gasteiger partial charge is 0.326 e. The van der Waals surface area contributed by atoms with Gasteiger partial charge in [-0.2, -0.15) is 0 Å². The minimum absolute atomic E-state index is 0.134. The van der Waals surface area contributed by atoms with Crippen LogP contribution in [-0.2, 0) is 14.8 Å². The molecule has 0 saturated heterocycles. The normalized spacial score (nSPS) is 16.3. The van der Waals surface area contributed by atoms with Gasteiger partial charge in [0, 0.05) is 22.7 Å². The standard InChI is InChI=1S/C17H16ClN3O3S/c1-11-10-12(18)6-7-14(11)20-16(22)8-9-19-17-13-4-2-3-5-15(13)25(23,24)21-17/h2-7,10H,8-9H2,1H3,(H,19,21)(H,20,22). The van der Waals surface area contributed by atoms with Crippen LogP contribution in [0.25, 0.3) is 0 Å². The molecule has 0 aromatic heterocycles. The molecule has 2 N–H and O–H groups in total. The second-order valence-electron chi connectivity index (χ2n) is 5.59. The van der Waals surface area contributed by atoms with Crippen molar-refractivity contribution in [1.82, 2.24) is 4.72 Å². The van der Waals surface area contributed by atoms with Gasteiger partial charge in [-0.1, -0.05) is 23.7 Å². The zero-order valence-corrected chi connectivity index (χ0v) is 15.0. The van der Waals surface area contributed by atoms with Crippen LogP contribution < -0.4 is 10.0 Å². The van der Waals surface area contributed by atoms with Crippen molar-refractivity contribution in [2.45, 2.75) is 18.2 Å². The summed E-state index contributed by atoms with van der Waals surface area (Å²) in [4.78, 5) is 16.5. The van der Waals surface area contributed by atoms with Crippen molar-refractivity contribution in [3.05, 3.63) is 58.6 Å². The van der Waals surface area contributed by atoms with E-state index in [1.165, 1.54) is 6.07 Å². The van der Waals surface area contributed by atoms with Crippen molar-refractivity contribution in [2.75, 3.05) is 11.9 Å². The highest BCUT2D eigenvalue weighted by molar-refractivity contribution is 7.90. The number of benzene rings is 2. The quantitative estimate of drug-likeness (QED) is 0.858. The van der Waals surface area contributed by atoms with Gasteiger partial charge in [-0.15, -0.1) is 0 Å². The third-order valence-corrected chi connectivity index (χ3v) is 5.37. The third-order valence-electron chi connectivity index (χ3n) is 3.73. The van der Waals surface area contributed by atoms with Crippen LogP contribution in [0.15, 0.2) is 52.4 Å².